The van der Waals surface area contributed by atoms with Crippen LogP contribution in [-0.2, 0) is 6.42 Å². The normalized spacial score (nSPS) is 33.0. The maximum absolute atomic E-state index is 13.0. The Balaban J connectivity index is 1.63. The van der Waals surface area contributed by atoms with Crippen molar-refractivity contribution in [3.63, 3.8) is 0 Å². The SMILES string of the molecule is C[C@@H]1[C@@H](O)[C@H](O)[C@@H](O)CN1CCc1ccc2c(c1)OC(F)(F)O2. The molecule has 128 valence electrons. The number of hydrogen-bond donors (Lipinski definition) is 3. The average Bonchev–Trinajstić information content (AvgIpc) is 2.80. The molecule has 4 atom stereocenters. The van der Waals surface area contributed by atoms with E-state index in [1.807, 2.05) is 4.90 Å². The van der Waals surface area contributed by atoms with Crippen molar-refractivity contribution in [3.8, 4) is 11.5 Å². The first-order valence-electron chi connectivity index (χ1n) is 7.44. The van der Waals surface area contributed by atoms with Crippen LogP contribution in [0.25, 0.3) is 0 Å². The number of hydrogen-bond acceptors (Lipinski definition) is 6. The number of ether oxygens (including phenoxy) is 2. The highest BCUT2D eigenvalue weighted by atomic mass is 19.3. The number of nitrogens with zero attached hydrogens (tertiary/aromatic N) is 1. The van der Waals surface area contributed by atoms with E-state index in [1.165, 1.54) is 12.1 Å². The van der Waals surface area contributed by atoms with Gasteiger partial charge in [-0.1, -0.05) is 6.07 Å². The van der Waals surface area contributed by atoms with Gasteiger partial charge in [-0.2, -0.15) is 0 Å². The lowest BCUT2D eigenvalue weighted by Gasteiger charge is -2.42. The standard InChI is InChI=1S/C15H19F2NO5/c1-8-13(20)14(21)10(19)7-18(8)5-4-9-2-3-11-12(6-9)23-15(16,17)22-11/h2-3,6,8,10,13-14,19-21H,4-5,7H2,1H3/t8-,10+,13-,14-/m1/s1. The van der Waals surface area contributed by atoms with Crippen LogP contribution in [0.4, 0.5) is 8.78 Å². The number of fused-ring (bicyclic) bond motifs is 1. The van der Waals surface area contributed by atoms with Crippen molar-refractivity contribution in [1.82, 2.24) is 4.90 Å². The molecule has 0 unspecified atom stereocenters. The summed E-state index contributed by atoms with van der Waals surface area (Å²) in [6.45, 7) is 2.50. The van der Waals surface area contributed by atoms with E-state index >= 15 is 0 Å². The van der Waals surface area contributed by atoms with Gasteiger partial charge in [0.05, 0.1) is 12.2 Å². The van der Waals surface area contributed by atoms with Crippen molar-refractivity contribution in [2.75, 3.05) is 13.1 Å². The first-order valence-corrected chi connectivity index (χ1v) is 7.44. The predicted molar refractivity (Wildman–Crippen MR) is 75.4 cm³/mol. The van der Waals surface area contributed by atoms with E-state index < -0.39 is 24.6 Å². The second-order valence-electron chi connectivity index (χ2n) is 5.98. The highest BCUT2D eigenvalue weighted by Crippen LogP contribution is 2.41. The molecule has 2 aliphatic rings. The van der Waals surface area contributed by atoms with Gasteiger partial charge in [-0.15, -0.1) is 8.78 Å². The molecule has 8 heteroatoms. The molecule has 2 heterocycles. The average molecular weight is 331 g/mol. The zero-order valence-electron chi connectivity index (χ0n) is 12.5. The first-order chi connectivity index (χ1) is 10.8. The Kier molecular flexibility index (Phi) is 4.18. The molecule has 0 spiro atoms. The zero-order valence-corrected chi connectivity index (χ0v) is 12.5. The fourth-order valence-electron chi connectivity index (χ4n) is 2.96. The Hall–Kier alpha value is -1.48. The van der Waals surface area contributed by atoms with Crippen LogP contribution in [0.3, 0.4) is 0 Å². The lowest BCUT2D eigenvalue weighted by Crippen LogP contribution is -2.60. The number of β-amino-alcohol motifs (C(OH)–C–C–N with tert-alkyl or cyclic N) is 1. The van der Waals surface area contributed by atoms with Gasteiger partial charge >= 0.3 is 6.29 Å². The molecule has 1 aromatic carbocycles. The monoisotopic (exact) mass is 331 g/mol. The quantitative estimate of drug-likeness (QED) is 0.741. The fraction of sp³-hybridized carbons (Fsp3) is 0.600. The van der Waals surface area contributed by atoms with Crippen LogP contribution in [0.2, 0.25) is 0 Å². The number of rotatable bonds is 3. The summed E-state index contributed by atoms with van der Waals surface area (Å²) < 4.78 is 34.7. The number of piperidine rings is 1. The van der Waals surface area contributed by atoms with Crippen molar-refractivity contribution in [2.24, 2.45) is 0 Å². The molecule has 1 aromatic rings. The summed E-state index contributed by atoms with van der Waals surface area (Å²) in [7, 11) is 0. The first kappa shape index (κ1) is 16.4. The number of alkyl halides is 2. The Morgan fingerprint density at radius 1 is 1.17 bits per heavy atom. The summed E-state index contributed by atoms with van der Waals surface area (Å²) in [4.78, 5) is 1.85. The van der Waals surface area contributed by atoms with E-state index in [9.17, 15) is 24.1 Å². The summed E-state index contributed by atoms with van der Waals surface area (Å²) in [5, 5.41) is 29.3. The third kappa shape index (κ3) is 3.25. The van der Waals surface area contributed by atoms with Gasteiger partial charge in [0.25, 0.3) is 0 Å². The number of likely N-dealkylation sites (tertiary alicyclic amines) is 1. The van der Waals surface area contributed by atoms with Crippen LogP contribution in [0.1, 0.15) is 12.5 Å². The molecule has 1 fully saturated rings. The summed E-state index contributed by atoms with van der Waals surface area (Å²) >= 11 is 0. The Bertz CT molecular complexity index is 585. The largest absolute Gasteiger partial charge is 0.586 e. The lowest BCUT2D eigenvalue weighted by molar-refractivity contribution is -0.286. The number of benzene rings is 1. The maximum atomic E-state index is 13.0. The lowest BCUT2D eigenvalue weighted by atomic mass is 9.94. The smallest absolute Gasteiger partial charge is 0.395 e. The minimum atomic E-state index is -3.63. The van der Waals surface area contributed by atoms with Crippen LogP contribution >= 0.6 is 0 Å². The van der Waals surface area contributed by atoms with Gasteiger partial charge in [0.15, 0.2) is 11.5 Å². The van der Waals surface area contributed by atoms with Crippen LogP contribution in [0, 0.1) is 0 Å². The Morgan fingerprint density at radius 3 is 2.61 bits per heavy atom. The summed E-state index contributed by atoms with van der Waals surface area (Å²) in [6, 6.07) is 4.28. The summed E-state index contributed by atoms with van der Waals surface area (Å²) in [5.74, 6) is -0.00579. The molecular formula is C15H19F2NO5. The molecule has 23 heavy (non-hydrogen) atoms. The van der Waals surface area contributed by atoms with Crippen molar-refractivity contribution in [3.05, 3.63) is 23.8 Å². The van der Waals surface area contributed by atoms with Gasteiger partial charge in [0.2, 0.25) is 0 Å². The van der Waals surface area contributed by atoms with Crippen LogP contribution in [-0.4, -0.2) is 64.0 Å². The van der Waals surface area contributed by atoms with E-state index in [-0.39, 0.29) is 24.1 Å². The van der Waals surface area contributed by atoms with Gasteiger partial charge in [-0.05, 0) is 31.0 Å². The van der Waals surface area contributed by atoms with E-state index in [1.54, 1.807) is 13.0 Å². The minimum absolute atomic E-state index is 0.000873. The van der Waals surface area contributed by atoms with E-state index in [4.69, 9.17) is 0 Å². The molecule has 0 amide bonds. The van der Waals surface area contributed by atoms with Crippen LogP contribution < -0.4 is 9.47 Å². The van der Waals surface area contributed by atoms with Crippen molar-refractivity contribution < 1.29 is 33.6 Å². The third-order valence-corrected chi connectivity index (χ3v) is 4.39. The number of aliphatic hydroxyl groups is 3. The summed E-state index contributed by atoms with van der Waals surface area (Å²) in [5.41, 5.74) is 0.771. The van der Waals surface area contributed by atoms with Gasteiger partial charge in [0, 0.05) is 19.1 Å². The highest BCUT2D eigenvalue weighted by Gasteiger charge is 2.43. The van der Waals surface area contributed by atoms with Crippen LogP contribution in [0.5, 0.6) is 11.5 Å². The molecule has 2 aliphatic heterocycles. The predicted octanol–water partition coefficient (Wildman–Crippen LogP) is 0.337. The van der Waals surface area contributed by atoms with Crippen molar-refractivity contribution >= 4 is 0 Å². The molecular weight excluding hydrogens is 312 g/mol. The van der Waals surface area contributed by atoms with Gasteiger partial charge in [-0.25, -0.2) is 0 Å². The molecule has 0 bridgehead atoms. The second kappa shape index (κ2) is 5.86. The summed E-state index contributed by atoms with van der Waals surface area (Å²) in [6.07, 6.45) is -6.32. The minimum Gasteiger partial charge on any atom is -0.395 e. The molecule has 3 rings (SSSR count). The Morgan fingerprint density at radius 2 is 1.87 bits per heavy atom. The maximum Gasteiger partial charge on any atom is 0.586 e. The van der Waals surface area contributed by atoms with Gasteiger partial charge in [-0.3, -0.25) is 4.90 Å². The van der Waals surface area contributed by atoms with Gasteiger partial charge < -0.3 is 24.8 Å². The molecule has 0 aromatic heterocycles. The molecule has 0 aliphatic carbocycles. The van der Waals surface area contributed by atoms with E-state index in [0.717, 1.165) is 5.56 Å². The highest BCUT2D eigenvalue weighted by molar-refractivity contribution is 5.45. The molecule has 1 saturated heterocycles. The van der Waals surface area contributed by atoms with Crippen molar-refractivity contribution in [1.29, 1.82) is 0 Å². The van der Waals surface area contributed by atoms with Gasteiger partial charge in [0.1, 0.15) is 6.10 Å². The molecule has 0 radical (unpaired) electrons. The fourth-order valence-corrected chi connectivity index (χ4v) is 2.96. The second-order valence-corrected chi connectivity index (χ2v) is 5.98. The number of aliphatic hydroxyl groups excluding tert-OH is 3. The topological polar surface area (TPSA) is 82.4 Å². The number of halogens is 2. The molecule has 3 N–H and O–H groups in total. The van der Waals surface area contributed by atoms with E-state index in [0.29, 0.717) is 13.0 Å². The van der Waals surface area contributed by atoms with E-state index in [2.05, 4.69) is 9.47 Å². The third-order valence-electron chi connectivity index (χ3n) is 4.39. The molecule has 0 saturated carbocycles. The Labute approximate surface area is 131 Å². The zero-order chi connectivity index (χ0) is 16.8. The van der Waals surface area contributed by atoms with Crippen molar-refractivity contribution in [2.45, 2.75) is 44.0 Å². The molecule has 6 nitrogen and oxygen atoms in total. The van der Waals surface area contributed by atoms with Crippen LogP contribution in [0.15, 0.2) is 18.2 Å².